The molecule has 2 aromatic rings. The summed E-state index contributed by atoms with van der Waals surface area (Å²) in [6.07, 6.45) is 2.03. The van der Waals surface area contributed by atoms with Gasteiger partial charge in [-0.05, 0) is 49.1 Å². The van der Waals surface area contributed by atoms with E-state index in [1.54, 1.807) is 0 Å². The molecule has 3 rings (SSSR count). The summed E-state index contributed by atoms with van der Waals surface area (Å²) >= 11 is 0. The molecule has 27 heavy (non-hydrogen) atoms. The normalized spacial score (nSPS) is 18.9. The van der Waals surface area contributed by atoms with Crippen LogP contribution in [0.3, 0.4) is 0 Å². The van der Waals surface area contributed by atoms with Crippen LogP contribution in [-0.2, 0) is 20.9 Å². The van der Waals surface area contributed by atoms with Gasteiger partial charge >= 0.3 is 11.9 Å². The zero-order valence-corrected chi connectivity index (χ0v) is 14.9. The first-order valence-corrected chi connectivity index (χ1v) is 9.02. The summed E-state index contributed by atoms with van der Waals surface area (Å²) in [5, 5.41) is 3.21. The predicted molar refractivity (Wildman–Crippen MR) is 97.2 cm³/mol. The van der Waals surface area contributed by atoms with Gasteiger partial charge in [-0.1, -0.05) is 30.3 Å². The van der Waals surface area contributed by atoms with Crippen LogP contribution < -0.4 is 5.32 Å². The topological polar surface area (TPSA) is 64.6 Å². The molecule has 6 heteroatoms. The van der Waals surface area contributed by atoms with E-state index in [1.165, 1.54) is 24.3 Å². The standard InChI is InChI=1S/C21H22FNO4/c22-17-8-6-16(7-9-17)21(25)27-19-12-10-18(23-19)11-13-20(24)26-14-15-4-2-1-3-5-15/h1-9,18-19,23H,10-14H2. The number of esters is 2. The number of nitrogens with one attached hydrogen (secondary N) is 1. The zero-order chi connectivity index (χ0) is 19.1. The Bertz CT molecular complexity index is 764. The Hall–Kier alpha value is -2.73. The zero-order valence-electron chi connectivity index (χ0n) is 14.9. The maximum atomic E-state index is 12.9. The van der Waals surface area contributed by atoms with Crippen molar-refractivity contribution < 1.29 is 23.5 Å². The van der Waals surface area contributed by atoms with E-state index in [-0.39, 0.29) is 18.6 Å². The van der Waals surface area contributed by atoms with Crippen LogP contribution in [-0.4, -0.2) is 24.2 Å². The van der Waals surface area contributed by atoms with Gasteiger partial charge in [0.05, 0.1) is 5.56 Å². The molecule has 5 nitrogen and oxygen atoms in total. The molecule has 0 radical (unpaired) electrons. The third kappa shape index (κ3) is 5.89. The number of carbonyl (C=O) groups is 2. The van der Waals surface area contributed by atoms with Crippen LogP contribution in [0.2, 0.25) is 0 Å². The number of halogens is 1. The van der Waals surface area contributed by atoms with Crippen molar-refractivity contribution in [3.05, 3.63) is 71.5 Å². The van der Waals surface area contributed by atoms with E-state index in [9.17, 15) is 14.0 Å². The van der Waals surface area contributed by atoms with Crippen LogP contribution in [0, 0.1) is 5.82 Å². The van der Waals surface area contributed by atoms with Crippen LogP contribution in [0.1, 0.15) is 41.6 Å². The van der Waals surface area contributed by atoms with Crippen molar-refractivity contribution in [2.75, 3.05) is 0 Å². The molecule has 142 valence electrons. The largest absolute Gasteiger partial charge is 0.461 e. The lowest BCUT2D eigenvalue weighted by molar-refractivity contribution is -0.145. The Balaban J connectivity index is 1.36. The fourth-order valence-corrected chi connectivity index (χ4v) is 2.99. The molecule has 2 unspecified atom stereocenters. The lowest BCUT2D eigenvalue weighted by atomic mass is 10.1. The summed E-state index contributed by atoms with van der Waals surface area (Å²) in [5.41, 5.74) is 1.27. The molecule has 0 bridgehead atoms. The fraction of sp³-hybridized carbons (Fsp3) is 0.333. The first kappa shape index (κ1) is 19.0. The molecule has 2 aromatic carbocycles. The van der Waals surface area contributed by atoms with Gasteiger partial charge in [0.1, 0.15) is 12.4 Å². The van der Waals surface area contributed by atoms with Crippen molar-refractivity contribution in [3.63, 3.8) is 0 Å². The Morgan fingerprint density at radius 1 is 1.04 bits per heavy atom. The number of ether oxygens (including phenoxy) is 2. The van der Waals surface area contributed by atoms with E-state index in [0.717, 1.165) is 12.0 Å². The van der Waals surface area contributed by atoms with Crippen molar-refractivity contribution >= 4 is 11.9 Å². The average molecular weight is 371 g/mol. The van der Waals surface area contributed by atoms with E-state index in [2.05, 4.69) is 5.32 Å². The van der Waals surface area contributed by atoms with Crippen LogP contribution >= 0.6 is 0 Å². The maximum absolute atomic E-state index is 12.9. The summed E-state index contributed by atoms with van der Waals surface area (Å²) in [7, 11) is 0. The van der Waals surface area contributed by atoms with Crippen LogP contribution in [0.5, 0.6) is 0 Å². The third-order valence-corrected chi connectivity index (χ3v) is 4.47. The highest BCUT2D eigenvalue weighted by atomic mass is 19.1. The van der Waals surface area contributed by atoms with Gasteiger partial charge in [0.2, 0.25) is 0 Å². The Kier molecular flexibility index (Phi) is 6.54. The van der Waals surface area contributed by atoms with Gasteiger partial charge < -0.3 is 9.47 Å². The Labute approximate surface area is 157 Å². The van der Waals surface area contributed by atoms with Crippen LogP contribution in [0.25, 0.3) is 0 Å². The molecule has 1 N–H and O–H groups in total. The van der Waals surface area contributed by atoms with Gasteiger partial charge in [-0.25, -0.2) is 9.18 Å². The highest BCUT2D eigenvalue weighted by Gasteiger charge is 2.27. The van der Waals surface area contributed by atoms with E-state index in [1.807, 2.05) is 30.3 Å². The number of rotatable bonds is 7. The van der Waals surface area contributed by atoms with Crippen molar-refractivity contribution in [2.24, 2.45) is 0 Å². The molecular weight excluding hydrogens is 349 g/mol. The van der Waals surface area contributed by atoms with Crippen LogP contribution in [0.15, 0.2) is 54.6 Å². The second-order valence-electron chi connectivity index (χ2n) is 6.53. The number of carbonyl (C=O) groups excluding carboxylic acids is 2. The molecule has 1 aliphatic heterocycles. The summed E-state index contributed by atoms with van der Waals surface area (Å²) in [4.78, 5) is 23.9. The van der Waals surface area contributed by atoms with Gasteiger partial charge in [0.25, 0.3) is 0 Å². The molecule has 0 saturated carbocycles. The second kappa shape index (κ2) is 9.28. The highest BCUT2D eigenvalue weighted by Crippen LogP contribution is 2.19. The molecule has 0 spiro atoms. The van der Waals surface area contributed by atoms with Crippen molar-refractivity contribution in [1.29, 1.82) is 0 Å². The van der Waals surface area contributed by atoms with E-state index in [4.69, 9.17) is 9.47 Å². The minimum absolute atomic E-state index is 0.0975. The van der Waals surface area contributed by atoms with Crippen molar-refractivity contribution in [2.45, 2.75) is 44.6 Å². The fourth-order valence-electron chi connectivity index (χ4n) is 2.99. The lowest BCUT2D eigenvalue weighted by Gasteiger charge is -2.15. The minimum Gasteiger partial charge on any atom is -0.461 e. The summed E-state index contributed by atoms with van der Waals surface area (Å²) < 4.78 is 23.6. The van der Waals surface area contributed by atoms with Gasteiger partial charge in [0, 0.05) is 12.5 Å². The molecule has 0 aliphatic carbocycles. The SMILES string of the molecule is O=C(CCC1CCC(OC(=O)c2ccc(F)cc2)N1)OCc1ccccc1. The van der Waals surface area contributed by atoms with Crippen LogP contribution in [0.4, 0.5) is 4.39 Å². The van der Waals surface area contributed by atoms with Crippen molar-refractivity contribution in [3.8, 4) is 0 Å². The Morgan fingerprint density at radius 3 is 2.52 bits per heavy atom. The maximum Gasteiger partial charge on any atom is 0.339 e. The molecule has 1 aliphatic rings. The molecular formula is C21H22FNO4. The first-order valence-electron chi connectivity index (χ1n) is 9.02. The van der Waals surface area contributed by atoms with E-state index < -0.39 is 18.0 Å². The highest BCUT2D eigenvalue weighted by molar-refractivity contribution is 5.89. The quantitative estimate of drug-likeness (QED) is 0.754. The summed E-state index contributed by atoms with van der Waals surface area (Å²) in [6, 6.07) is 14.9. The number of hydrogen-bond donors (Lipinski definition) is 1. The monoisotopic (exact) mass is 371 g/mol. The molecule has 2 atom stereocenters. The minimum atomic E-state index is -0.490. The molecule has 1 fully saturated rings. The number of benzene rings is 2. The molecule has 1 heterocycles. The smallest absolute Gasteiger partial charge is 0.339 e. The van der Waals surface area contributed by atoms with Gasteiger partial charge in [-0.3, -0.25) is 10.1 Å². The third-order valence-electron chi connectivity index (χ3n) is 4.47. The first-order chi connectivity index (χ1) is 13.1. The van der Waals surface area contributed by atoms with E-state index >= 15 is 0 Å². The Morgan fingerprint density at radius 2 is 1.78 bits per heavy atom. The van der Waals surface area contributed by atoms with Gasteiger partial charge in [0.15, 0.2) is 6.23 Å². The van der Waals surface area contributed by atoms with Gasteiger partial charge in [-0.2, -0.15) is 0 Å². The second-order valence-corrected chi connectivity index (χ2v) is 6.53. The summed E-state index contributed by atoms with van der Waals surface area (Å²) in [5.74, 6) is -1.13. The van der Waals surface area contributed by atoms with Crippen molar-refractivity contribution in [1.82, 2.24) is 5.32 Å². The number of hydrogen-bond acceptors (Lipinski definition) is 5. The van der Waals surface area contributed by atoms with E-state index in [0.29, 0.717) is 24.8 Å². The lowest BCUT2D eigenvalue weighted by Crippen LogP contribution is -2.33. The molecule has 0 amide bonds. The molecule has 1 saturated heterocycles. The predicted octanol–water partition coefficient (Wildman–Crippen LogP) is 3.58. The molecule has 0 aromatic heterocycles. The summed E-state index contributed by atoms with van der Waals surface area (Å²) in [6.45, 7) is 0.273. The van der Waals surface area contributed by atoms with Gasteiger partial charge in [-0.15, -0.1) is 0 Å². The average Bonchev–Trinajstić information content (AvgIpc) is 3.13.